The molecule has 10 heteroatoms. The van der Waals surface area contributed by atoms with Crippen molar-refractivity contribution in [3.05, 3.63) is 95.1 Å². The van der Waals surface area contributed by atoms with Gasteiger partial charge in [-0.2, -0.15) is 0 Å². The van der Waals surface area contributed by atoms with Crippen molar-refractivity contribution in [1.29, 1.82) is 0 Å². The van der Waals surface area contributed by atoms with E-state index in [4.69, 9.17) is 15.2 Å². The van der Waals surface area contributed by atoms with E-state index in [0.717, 1.165) is 67.4 Å². The number of β-amino-alcohol motifs (C(OH)–C–C–N with tert-alkyl or cyclic N) is 1. The first-order valence-corrected chi connectivity index (χ1v) is 16.8. The third kappa shape index (κ3) is 10.6. The number of para-hydroxylation sites is 2. The van der Waals surface area contributed by atoms with Crippen LogP contribution in [0.3, 0.4) is 0 Å². The van der Waals surface area contributed by atoms with Crippen molar-refractivity contribution in [2.24, 2.45) is 0 Å². The molecule has 47 heavy (non-hydrogen) atoms. The molecule has 252 valence electrons. The van der Waals surface area contributed by atoms with Gasteiger partial charge in [0.15, 0.2) is 6.29 Å². The molecule has 0 saturated carbocycles. The van der Waals surface area contributed by atoms with Crippen LogP contribution in [0.25, 0.3) is 0 Å². The molecule has 0 aliphatic carbocycles. The first-order chi connectivity index (χ1) is 22.9. The van der Waals surface area contributed by atoms with E-state index in [9.17, 15) is 19.8 Å². The molecule has 6 N–H and O–H groups in total. The van der Waals surface area contributed by atoms with E-state index in [-0.39, 0.29) is 36.7 Å². The number of carbonyl (C=O) groups excluding carboxylic acids is 2. The van der Waals surface area contributed by atoms with Crippen molar-refractivity contribution < 1.29 is 29.3 Å². The van der Waals surface area contributed by atoms with Gasteiger partial charge in [0.1, 0.15) is 0 Å². The second kappa shape index (κ2) is 17.4. The van der Waals surface area contributed by atoms with Crippen LogP contribution in [-0.4, -0.2) is 58.8 Å². The number of anilines is 2. The molecule has 0 spiro atoms. The molecule has 4 atom stereocenters. The van der Waals surface area contributed by atoms with Crippen molar-refractivity contribution in [1.82, 2.24) is 10.2 Å². The number of hydrogen-bond donors (Lipinski definition) is 5. The molecule has 2 aliphatic heterocycles. The normalized spacial score (nSPS) is 21.4. The Kier molecular flexibility index (Phi) is 12.8. The van der Waals surface area contributed by atoms with Gasteiger partial charge in [-0.3, -0.25) is 14.5 Å². The zero-order valence-electron chi connectivity index (χ0n) is 27.0. The summed E-state index contributed by atoms with van der Waals surface area (Å²) in [7, 11) is 0. The maximum atomic E-state index is 12.5. The second-order valence-corrected chi connectivity index (χ2v) is 12.6. The lowest BCUT2D eigenvalue weighted by molar-refractivity contribution is -0.252. The van der Waals surface area contributed by atoms with Crippen LogP contribution in [0.4, 0.5) is 11.4 Å². The van der Waals surface area contributed by atoms with Gasteiger partial charge < -0.3 is 36.1 Å². The number of nitrogen functional groups attached to an aromatic ring is 1. The number of ether oxygens (including phenoxy) is 2. The molecule has 5 rings (SSSR count). The fourth-order valence-corrected chi connectivity index (χ4v) is 6.13. The van der Waals surface area contributed by atoms with E-state index in [1.54, 1.807) is 12.1 Å². The fraction of sp³-hybridized carbons (Fsp3) is 0.459. The number of rotatable bonds is 15. The lowest BCUT2D eigenvalue weighted by Crippen LogP contribution is -2.38. The van der Waals surface area contributed by atoms with Crippen LogP contribution in [-0.2, 0) is 32.2 Å². The van der Waals surface area contributed by atoms with Crippen LogP contribution in [0.1, 0.15) is 86.0 Å². The van der Waals surface area contributed by atoms with Crippen LogP contribution in [0.2, 0.25) is 0 Å². The number of nitrogens with zero attached hydrogens (tertiary/aromatic N) is 1. The number of aliphatic hydroxyl groups is 2. The minimum atomic E-state index is -0.546. The summed E-state index contributed by atoms with van der Waals surface area (Å²) in [5.41, 5.74) is 10.9. The maximum absolute atomic E-state index is 12.5. The van der Waals surface area contributed by atoms with Crippen molar-refractivity contribution >= 4 is 23.2 Å². The van der Waals surface area contributed by atoms with E-state index >= 15 is 0 Å². The number of aliphatic hydroxyl groups excluding tert-OH is 2. The summed E-state index contributed by atoms with van der Waals surface area (Å²) < 4.78 is 12.9. The van der Waals surface area contributed by atoms with Crippen molar-refractivity contribution in [3.63, 3.8) is 0 Å². The molecule has 0 radical (unpaired) electrons. The molecule has 2 aliphatic rings. The Bertz CT molecular complexity index is 1430. The first-order valence-electron chi connectivity index (χ1n) is 16.8. The van der Waals surface area contributed by atoms with Crippen molar-refractivity contribution in [2.45, 2.75) is 89.1 Å². The molecule has 2 fully saturated rings. The summed E-state index contributed by atoms with van der Waals surface area (Å²) in [6.07, 6.45) is 4.60. The average Bonchev–Trinajstić information content (AvgIpc) is 3.50. The molecular formula is C37H48N4O6. The minimum absolute atomic E-state index is 0.00174. The van der Waals surface area contributed by atoms with Gasteiger partial charge in [0.2, 0.25) is 11.8 Å². The lowest BCUT2D eigenvalue weighted by atomic mass is 9.99. The number of unbranched alkanes of at least 4 members (excludes halogenated alkanes) is 3. The Morgan fingerprint density at radius 1 is 0.851 bits per heavy atom. The van der Waals surface area contributed by atoms with Gasteiger partial charge in [-0.1, -0.05) is 73.5 Å². The molecule has 3 aromatic carbocycles. The molecule has 10 nitrogen and oxygen atoms in total. The third-order valence-corrected chi connectivity index (χ3v) is 8.86. The van der Waals surface area contributed by atoms with E-state index < -0.39 is 6.29 Å². The number of likely N-dealkylation sites (tertiary alicyclic amines) is 1. The molecule has 3 aromatic rings. The first kappa shape index (κ1) is 34.5. The molecule has 2 heterocycles. The smallest absolute Gasteiger partial charge is 0.224 e. The second-order valence-electron chi connectivity index (χ2n) is 12.6. The standard InChI is InChI=1S/C37H48N4O6/c38-32-7-5-6-8-33(32)40-36(45)10-4-2-1-3-9-35(44)39-22-26-11-17-29(18-12-26)37-46-31(24-41-20-19-30(43)23-41)21-34(47-37)28-15-13-27(25-42)14-16-28/h5-8,11-18,30-31,34,37,42-43H,1-4,9-10,19-25,38H2,(H,39,44)(H,40,45). The van der Waals surface area contributed by atoms with Crippen molar-refractivity contribution in [2.75, 3.05) is 30.7 Å². The predicted octanol–water partition coefficient (Wildman–Crippen LogP) is 4.97. The van der Waals surface area contributed by atoms with E-state index in [0.29, 0.717) is 43.7 Å². The number of amides is 2. The highest BCUT2D eigenvalue weighted by Crippen LogP contribution is 2.38. The zero-order chi connectivity index (χ0) is 33.0. The van der Waals surface area contributed by atoms with Gasteiger partial charge in [0.25, 0.3) is 0 Å². The fourth-order valence-electron chi connectivity index (χ4n) is 6.13. The van der Waals surface area contributed by atoms with Crippen LogP contribution >= 0.6 is 0 Å². The predicted molar refractivity (Wildman–Crippen MR) is 181 cm³/mol. The Balaban J connectivity index is 1.04. The van der Waals surface area contributed by atoms with Crippen LogP contribution in [0, 0.1) is 0 Å². The molecular weight excluding hydrogens is 596 g/mol. The van der Waals surface area contributed by atoms with Gasteiger partial charge in [-0.15, -0.1) is 0 Å². The van der Waals surface area contributed by atoms with Gasteiger partial charge in [-0.05, 0) is 48.1 Å². The highest BCUT2D eigenvalue weighted by atomic mass is 16.7. The SMILES string of the molecule is Nc1ccccc1NC(=O)CCCCCCC(=O)NCc1ccc(C2OC(CN3CCC(O)C3)CC(c3ccc(CO)cc3)O2)cc1. The van der Waals surface area contributed by atoms with E-state index in [1.165, 1.54) is 0 Å². The summed E-state index contributed by atoms with van der Waals surface area (Å²) in [6.45, 7) is 2.68. The molecule has 0 bridgehead atoms. The number of carbonyl (C=O) groups is 2. The summed E-state index contributed by atoms with van der Waals surface area (Å²) >= 11 is 0. The number of benzene rings is 3. The lowest BCUT2D eigenvalue weighted by Gasteiger charge is -2.37. The average molecular weight is 645 g/mol. The topological polar surface area (TPSA) is 146 Å². The number of hydrogen-bond acceptors (Lipinski definition) is 8. The number of nitrogens with one attached hydrogen (secondary N) is 2. The monoisotopic (exact) mass is 644 g/mol. The summed E-state index contributed by atoms with van der Waals surface area (Å²) in [5, 5.41) is 25.3. The third-order valence-electron chi connectivity index (χ3n) is 8.86. The van der Waals surface area contributed by atoms with Crippen LogP contribution in [0.15, 0.2) is 72.8 Å². The highest BCUT2D eigenvalue weighted by molar-refractivity contribution is 5.93. The molecule has 2 saturated heterocycles. The van der Waals surface area contributed by atoms with E-state index in [1.807, 2.05) is 60.7 Å². The highest BCUT2D eigenvalue weighted by Gasteiger charge is 2.34. The van der Waals surface area contributed by atoms with Crippen molar-refractivity contribution in [3.8, 4) is 0 Å². The summed E-state index contributed by atoms with van der Waals surface area (Å²) in [4.78, 5) is 26.9. The summed E-state index contributed by atoms with van der Waals surface area (Å²) in [6, 6.07) is 23.0. The Labute approximate surface area is 277 Å². The quantitative estimate of drug-likeness (QED) is 0.115. The molecule has 0 aromatic heterocycles. The Morgan fingerprint density at radius 3 is 2.21 bits per heavy atom. The Hall–Kier alpha value is -3.80. The van der Waals surface area contributed by atoms with Gasteiger partial charge in [0, 0.05) is 51.0 Å². The largest absolute Gasteiger partial charge is 0.397 e. The summed E-state index contributed by atoms with van der Waals surface area (Å²) in [5.74, 6) is -0.0421. The zero-order valence-corrected chi connectivity index (χ0v) is 27.0. The van der Waals surface area contributed by atoms with E-state index in [2.05, 4.69) is 15.5 Å². The molecule has 2 amide bonds. The maximum Gasteiger partial charge on any atom is 0.224 e. The minimum Gasteiger partial charge on any atom is -0.397 e. The van der Waals surface area contributed by atoms with Crippen LogP contribution < -0.4 is 16.4 Å². The van der Waals surface area contributed by atoms with Gasteiger partial charge in [-0.25, -0.2) is 0 Å². The van der Waals surface area contributed by atoms with Gasteiger partial charge in [0.05, 0.1) is 36.3 Å². The number of nitrogens with two attached hydrogens (primary N) is 1. The van der Waals surface area contributed by atoms with Gasteiger partial charge >= 0.3 is 0 Å². The molecule has 4 unspecified atom stereocenters. The van der Waals surface area contributed by atoms with Crippen LogP contribution in [0.5, 0.6) is 0 Å². The Morgan fingerprint density at radius 2 is 1.53 bits per heavy atom.